The number of rotatable bonds is 3. The summed E-state index contributed by atoms with van der Waals surface area (Å²) in [6, 6.07) is 14.8. The average molecular weight is 254 g/mol. The van der Waals surface area contributed by atoms with Crippen LogP contribution in [0, 0.1) is 6.92 Å². The summed E-state index contributed by atoms with van der Waals surface area (Å²) in [5, 5.41) is 7.13. The van der Waals surface area contributed by atoms with Crippen molar-refractivity contribution in [1.82, 2.24) is 4.98 Å². The van der Waals surface area contributed by atoms with E-state index in [0.717, 1.165) is 11.6 Å². The molecule has 0 fully saturated rings. The highest BCUT2D eigenvalue weighted by atomic mass is 32.1. The molecular formula is C15H14N2S. The van der Waals surface area contributed by atoms with Gasteiger partial charge in [-0.15, -0.1) is 11.3 Å². The van der Waals surface area contributed by atoms with Crippen molar-refractivity contribution >= 4 is 27.8 Å². The highest BCUT2D eigenvalue weighted by molar-refractivity contribution is 7.11. The average Bonchev–Trinajstić information content (AvgIpc) is 2.82. The second-order valence-electron chi connectivity index (χ2n) is 4.23. The molecule has 0 spiro atoms. The molecule has 0 amide bonds. The molecule has 1 heterocycles. The molecule has 0 atom stereocenters. The molecule has 3 heteroatoms. The molecule has 3 aromatic rings. The zero-order valence-electron chi connectivity index (χ0n) is 10.2. The highest BCUT2D eigenvalue weighted by Crippen LogP contribution is 2.24. The van der Waals surface area contributed by atoms with Gasteiger partial charge < -0.3 is 5.32 Å². The predicted molar refractivity (Wildman–Crippen MR) is 78.1 cm³/mol. The molecule has 3 rings (SSSR count). The monoisotopic (exact) mass is 254 g/mol. The zero-order chi connectivity index (χ0) is 12.4. The van der Waals surface area contributed by atoms with E-state index >= 15 is 0 Å². The number of anilines is 1. The lowest BCUT2D eigenvalue weighted by molar-refractivity contribution is 1.17. The van der Waals surface area contributed by atoms with Crippen LogP contribution in [0.2, 0.25) is 0 Å². The van der Waals surface area contributed by atoms with E-state index in [1.54, 1.807) is 11.3 Å². The first kappa shape index (κ1) is 11.2. The Morgan fingerprint density at radius 3 is 2.78 bits per heavy atom. The Hall–Kier alpha value is -1.87. The van der Waals surface area contributed by atoms with Gasteiger partial charge in [0.25, 0.3) is 0 Å². The van der Waals surface area contributed by atoms with Crippen LogP contribution in [0.15, 0.2) is 48.7 Å². The van der Waals surface area contributed by atoms with Gasteiger partial charge in [-0.25, -0.2) is 4.98 Å². The molecule has 2 nitrogen and oxygen atoms in total. The number of aromatic nitrogens is 1. The molecule has 18 heavy (non-hydrogen) atoms. The minimum absolute atomic E-state index is 0.833. The molecule has 0 aliphatic carbocycles. The number of aryl methyl sites for hydroxylation is 1. The van der Waals surface area contributed by atoms with Gasteiger partial charge in [0, 0.05) is 22.1 Å². The summed E-state index contributed by atoms with van der Waals surface area (Å²) < 4.78 is 0. The smallest absolute Gasteiger partial charge is 0.0897 e. The zero-order valence-corrected chi connectivity index (χ0v) is 11.0. The molecular weight excluding hydrogens is 240 g/mol. The van der Waals surface area contributed by atoms with Crippen LogP contribution in [0.1, 0.15) is 9.88 Å². The van der Waals surface area contributed by atoms with Crippen LogP contribution >= 0.6 is 11.3 Å². The first-order valence-electron chi connectivity index (χ1n) is 5.96. The Morgan fingerprint density at radius 1 is 1.11 bits per heavy atom. The highest BCUT2D eigenvalue weighted by Gasteiger charge is 2.01. The van der Waals surface area contributed by atoms with Crippen LogP contribution in [0.25, 0.3) is 10.8 Å². The molecule has 0 bridgehead atoms. The van der Waals surface area contributed by atoms with E-state index in [9.17, 15) is 0 Å². The Balaban J connectivity index is 1.86. The SMILES string of the molecule is Cc1ncc(CNc2cccc3ccccc23)s1. The van der Waals surface area contributed by atoms with Crippen LogP contribution in [0.5, 0.6) is 0 Å². The number of nitrogens with one attached hydrogen (secondary N) is 1. The molecule has 0 aliphatic rings. The van der Waals surface area contributed by atoms with Crippen LogP contribution < -0.4 is 5.32 Å². The topological polar surface area (TPSA) is 24.9 Å². The van der Waals surface area contributed by atoms with E-state index in [-0.39, 0.29) is 0 Å². The third kappa shape index (κ3) is 2.22. The number of hydrogen-bond acceptors (Lipinski definition) is 3. The van der Waals surface area contributed by atoms with E-state index in [0.29, 0.717) is 0 Å². The lowest BCUT2D eigenvalue weighted by Gasteiger charge is -2.08. The van der Waals surface area contributed by atoms with Crippen molar-refractivity contribution in [2.75, 3.05) is 5.32 Å². The Morgan fingerprint density at radius 2 is 1.94 bits per heavy atom. The van der Waals surface area contributed by atoms with Gasteiger partial charge in [-0.2, -0.15) is 0 Å². The van der Waals surface area contributed by atoms with Crippen LogP contribution in [0.4, 0.5) is 5.69 Å². The quantitative estimate of drug-likeness (QED) is 0.757. The van der Waals surface area contributed by atoms with Gasteiger partial charge >= 0.3 is 0 Å². The van der Waals surface area contributed by atoms with Gasteiger partial charge in [-0.3, -0.25) is 0 Å². The van der Waals surface area contributed by atoms with Gasteiger partial charge in [-0.1, -0.05) is 36.4 Å². The summed E-state index contributed by atoms with van der Waals surface area (Å²) in [7, 11) is 0. The number of fused-ring (bicyclic) bond motifs is 1. The van der Waals surface area contributed by atoms with Crippen molar-refractivity contribution < 1.29 is 0 Å². The normalized spacial score (nSPS) is 10.7. The van der Waals surface area contributed by atoms with Gasteiger partial charge in [0.05, 0.1) is 11.6 Å². The van der Waals surface area contributed by atoms with Crippen LogP contribution in [-0.2, 0) is 6.54 Å². The molecule has 0 unspecified atom stereocenters. The molecule has 0 aliphatic heterocycles. The summed E-state index contributed by atoms with van der Waals surface area (Å²) in [6.45, 7) is 2.87. The molecule has 2 aromatic carbocycles. The van der Waals surface area contributed by atoms with E-state index in [2.05, 4.69) is 52.8 Å². The minimum atomic E-state index is 0.833. The van der Waals surface area contributed by atoms with E-state index in [1.165, 1.54) is 21.3 Å². The second-order valence-corrected chi connectivity index (χ2v) is 5.55. The van der Waals surface area contributed by atoms with E-state index < -0.39 is 0 Å². The van der Waals surface area contributed by atoms with Crippen molar-refractivity contribution in [2.45, 2.75) is 13.5 Å². The number of thiazole rings is 1. The Kier molecular flexibility index (Phi) is 2.99. The Bertz CT molecular complexity index is 668. The molecule has 0 radical (unpaired) electrons. The minimum Gasteiger partial charge on any atom is -0.380 e. The fourth-order valence-electron chi connectivity index (χ4n) is 2.05. The van der Waals surface area contributed by atoms with Crippen molar-refractivity contribution in [1.29, 1.82) is 0 Å². The number of hydrogen-bond donors (Lipinski definition) is 1. The lowest BCUT2D eigenvalue weighted by atomic mass is 10.1. The summed E-state index contributed by atoms with van der Waals surface area (Å²) in [5.41, 5.74) is 1.18. The van der Waals surface area contributed by atoms with Gasteiger partial charge in [0.15, 0.2) is 0 Å². The van der Waals surface area contributed by atoms with Crippen LogP contribution in [-0.4, -0.2) is 4.98 Å². The summed E-state index contributed by atoms with van der Waals surface area (Å²) in [5.74, 6) is 0. The first-order chi connectivity index (χ1) is 8.83. The van der Waals surface area contributed by atoms with Crippen molar-refractivity contribution in [2.24, 2.45) is 0 Å². The maximum absolute atomic E-state index is 4.27. The fourth-order valence-corrected chi connectivity index (χ4v) is 2.78. The van der Waals surface area contributed by atoms with Crippen molar-refractivity contribution in [3.63, 3.8) is 0 Å². The number of nitrogens with zero attached hydrogens (tertiary/aromatic N) is 1. The fraction of sp³-hybridized carbons (Fsp3) is 0.133. The number of benzene rings is 2. The van der Waals surface area contributed by atoms with Crippen LogP contribution in [0.3, 0.4) is 0 Å². The predicted octanol–water partition coefficient (Wildman–Crippen LogP) is 4.22. The summed E-state index contributed by atoms with van der Waals surface area (Å²) in [6.07, 6.45) is 1.94. The summed E-state index contributed by atoms with van der Waals surface area (Å²) in [4.78, 5) is 5.53. The lowest BCUT2D eigenvalue weighted by Crippen LogP contribution is -1.97. The standard InChI is InChI=1S/C15H14N2S/c1-11-16-9-13(18-11)10-17-15-8-4-6-12-5-2-3-7-14(12)15/h2-9,17H,10H2,1H3. The third-order valence-corrected chi connectivity index (χ3v) is 3.82. The second kappa shape index (κ2) is 4.78. The third-order valence-electron chi connectivity index (χ3n) is 2.91. The van der Waals surface area contributed by atoms with Gasteiger partial charge in [0.2, 0.25) is 0 Å². The van der Waals surface area contributed by atoms with Gasteiger partial charge in [-0.05, 0) is 18.4 Å². The first-order valence-corrected chi connectivity index (χ1v) is 6.77. The maximum atomic E-state index is 4.27. The molecule has 0 saturated carbocycles. The van der Waals surface area contributed by atoms with Gasteiger partial charge in [0.1, 0.15) is 0 Å². The van der Waals surface area contributed by atoms with E-state index in [4.69, 9.17) is 0 Å². The molecule has 1 aromatic heterocycles. The van der Waals surface area contributed by atoms with Crippen molar-refractivity contribution in [3.8, 4) is 0 Å². The maximum Gasteiger partial charge on any atom is 0.0897 e. The molecule has 90 valence electrons. The molecule has 0 saturated heterocycles. The molecule has 1 N–H and O–H groups in total. The van der Waals surface area contributed by atoms with E-state index in [1.807, 2.05) is 13.1 Å². The summed E-state index contributed by atoms with van der Waals surface area (Å²) >= 11 is 1.74. The largest absolute Gasteiger partial charge is 0.380 e. The van der Waals surface area contributed by atoms with Crippen molar-refractivity contribution in [3.05, 3.63) is 58.5 Å². The Labute approximate surface area is 110 Å².